The van der Waals surface area contributed by atoms with Gasteiger partial charge in [-0.05, 0) is 41.0 Å². The molecule has 1 fully saturated rings. The molecule has 1 amide bonds. The molecule has 0 bridgehead atoms. The van der Waals surface area contributed by atoms with Gasteiger partial charge in [0.2, 0.25) is 5.78 Å². The van der Waals surface area contributed by atoms with Crippen molar-refractivity contribution >= 4 is 17.4 Å². The lowest BCUT2D eigenvalue weighted by molar-refractivity contribution is -0.858. The number of carbonyl (C=O) groups excluding carboxylic acids is 2. The molecule has 3 aromatic rings. The Bertz CT molecular complexity index is 1240. The van der Waals surface area contributed by atoms with E-state index in [1.54, 1.807) is 24.3 Å². The van der Waals surface area contributed by atoms with Gasteiger partial charge >= 0.3 is 0 Å². The Labute approximate surface area is 210 Å². The molecule has 3 aromatic carbocycles. The van der Waals surface area contributed by atoms with E-state index < -0.39 is 29.3 Å². The normalized spacial score (nSPS) is 17.1. The number of ether oxygens (including phenoxy) is 1. The first-order valence-electron chi connectivity index (χ1n) is 11.9. The van der Waals surface area contributed by atoms with Gasteiger partial charge in [0.15, 0.2) is 0 Å². The van der Waals surface area contributed by atoms with Crippen LogP contribution in [0.1, 0.15) is 29.2 Å². The Morgan fingerprint density at radius 1 is 0.972 bits per heavy atom. The predicted octanol–water partition coefficient (Wildman–Crippen LogP) is 2.16. The molecule has 0 aliphatic carbocycles. The van der Waals surface area contributed by atoms with Crippen LogP contribution in [0.4, 0.5) is 4.39 Å². The van der Waals surface area contributed by atoms with Gasteiger partial charge in [-0.15, -0.1) is 0 Å². The maximum absolute atomic E-state index is 13.6. The molecular weight excluding hydrogens is 459 g/mol. The van der Waals surface area contributed by atoms with Gasteiger partial charge in [0.1, 0.15) is 18.2 Å². The van der Waals surface area contributed by atoms with Crippen molar-refractivity contribution in [3.8, 4) is 5.75 Å². The third kappa shape index (κ3) is 5.63. The fraction of sp³-hybridized carbons (Fsp3) is 0.241. The SMILES string of the molecule is C[NH+](C)CCCN1C(=O)C(=O)/C(=C(/[O-])c2ccc(OCc3ccccc3)cc2)C1c1ccc(F)cc1. The van der Waals surface area contributed by atoms with E-state index in [9.17, 15) is 19.1 Å². The lowest BCUT2D eigenvalue weighted by atomic mass is 9.95. The molecule has 1 aliphatic heterocycles. The lowest BCUT2D eigenvalue weighted by Crippen LogP contribution is -3.05. The molecule has 0 aromatic heterocycles. The van der Waals surface area contributed by atoms with E-state index in [1.165, 1.54) is 34.1 Å². The number of carbonyl (C=O) groups is 2. The quantitative estimate of drug-likeness (QED) is 0.285. The van der Waals surface area contributed by atoms with Gasteiger partial charge in [-0.25, -0.2) is 4.39 Å². The molecular formula is C29H29FN2O4. The van der Waals surface area contributed by atoms with E-state index in [0.29, 0.717) is 30.9 Å². The average Bonchev–Trinajstić information content (AvgIpc) is 3.13. The van der Waals surface area contributed by atoms with Crippen molar-refractivity contribution in [3.05, 3.63) is 107 Å². The zero-order chi connectivity index (χ0) is 25.7. The highest BCUT2D eigenvalue weighted by atomic mass is 19.1. The number of likely N-dealkylation sites (tertiary alicyclic amines) is 1. The highest BCUT2D eigenvalue weighted by Crippen LogP contribution is 2.38. The number of Topliss-reactive ketones (excluding diaryl/α,β-unsaturated/α-hetero) is 1. The monoisotopic (exact) mass is 488 g/mol. The van der Waals surface area contributed by atoms with Crippen molar-refractivity contribution in [1.82, 2.24) is 4.90 Å². The van der Waals surface area contributed by atoms with Gasteiger partial charge in [0.25, 0.3) is 5.91 Å². The van der Waals surface area contributed by atoms with Gasteiger partial charge in [-0.1, -0.05) is 60.4 Å². The van der Waals surface area contributed by atoms with Crippen LogP contribution in [0.15, 0.2) is 84.4 Å². The van der Waals surface area contributed by atoms with Crippen molar-refractivity contribution < 1.29 is 28.7 Å². The van der Waals surface area contributed by atoms with Crippen molar-refractivity contribution in [2.45, 2.75) is 19.1 Å². The molecule has 0 radical (unpaired) electrons. The molecule has 1 aliphatic rings. The largest absolute Gasteiger partial charge is 0.872 e. The summed E-state index contributed by atoms with van der Waals surface area (Å²) in [4.78, 5) is 28.6. The molecule has 1 N–H and O–H groups in total. The summed E-state index contributed by atoms with van der Waals surface area (Å²) in [5, 5.41) is 13.5. The number of hydrogen-bond donors (Lipinski definition) is 1. The van der Waals surface area contributed by atoms with Gasteiger partial charge in [-0.2, -0.15) is 0 Å². The molecule has 1 unspecified atom stereocenters. The van der Waals surface area contributed by atoms with Crippen LogP contribution >= 0.6 is 0 Å². The Kier molecular flexibility index (Phi) is 7.80. The number of quaternary nitrogens is 1. The fourth-order valence-corrected chi connectivity index (χ4v) is 4.29. The summed E-state index contributed by atoms with van der Waals surface area (Å²) in [7, 11) is 4.01. The maximum atomic E-state index is 13.6. The van der Waals surface area contributed by atoms with Crippen LogP contribution in [0.25, 0.3) is 5.76 Å². The molecule has 36 heavy (non-hydrogen) atoms. The molecule has 4 rings (SSSR count). The number of amides is 1. The smallest absolute Gasteiger partial charge is 0.295 e. The summed E-state index contributed by atoms with van der Waals surface area (Å²) in [6.45, 7) is 1.50. The Hall–Kier alpha value is -3.97. The number of nitrogens with one attached hydrogen (secondary N) is 1. The van der Waals surface area contributed by atoms with E-state index in [2.05, 4.69) is 0 Å². The summed E-state index contributed by atoms with van der Waals surface area (Å²) in [5.41, 5.74) is 1.71. The highest BCUT2D eigenvalue weighted by molar-refractivity contribution is 6.46. The standard InChI is InChI=1S/C29H29FN2O4/c1-31(2)17-6-18-32-26(21-9-13-23(30)14-10-21)25(28(34)29(32)35)27(33)22-11-15-24(16-12-22)36-19-20-7-4-3-5-8-20/h3-5,7-16,26,33H,6,17-19H2,1-2H3/b27-25+. The van der Waals surface area contributed by atoms with Crippen LogP contribution < -0.4 is 14.7 Å². The molecule has 1 saturated heterocycles. The topological polar surface area (TPSA) is 74.1 Å². The first-order chi connectivity index (χ1) is 17.3. The third-order valence-corrected chi connectivity index (χ3v) is 6.16. The van der Waals surface area contributed by atoms with Crippen molar-refractivity contribution in [1.29, 1.82) is 0 Å². The van der Waals surface area contributed by atoms with Crippen LogP contribution in [0.2, 0.25) is 0 Å². The maximum Gasteiger partial charge on any atom is 0.295 e. The number of benzene rings is 3. The summed E-state index contributed by atoms with van der Waals surface area (Å²) in [6.07, 6.45) is 0.661. The van der Waals surface area contributed by atoms with E-state index in [0.717, 1.165) is 12.1 Å². The lowest BCUT2D eigenvalue weighted by Gasteiger charge is -2.27. The summed E-state index contributed by atoms with van der Waals surface area (Å²) < 4.78 is 19.4. The second-order valence-electron chi connectivity index (χ2n) is 9.13. The second kappa shape index (κ2) is 11.2. The summed E-state index contributed by atoms with van der Waals surface area (Å²) >= 11 is 0. The first-order valence-corrected chi connectivity index (χ1v) is 11.9. The second-order valence-corrected chi connectivity index (χ2v) is 9.13. The molecule has 186 valence electrons. The Morgan fingerprint density at radius 3 is 2.28 bits per heavy atom. The molecule has 7 heteroatoms. The number of halogens is 1. The van der Waals surface area contributed by atoms with E-state index in [-0.39, 0.29) is 11.1 Å². The minimum Gasteiger partial charge on any atom is -0.872 e. The van der Waals surface area contributed by atoms with Gasteiger partial charge in [0.05, 0.1) is 26.7 Å². The molecule has 1 heterocycles. The predicted molar refractivity (Wildman–Crippen MR) is 132 cm³/mol. The third-order valence-electron chi connectivity index (χ3n) is 6.16. The minimum absolute atomic E-state index is 0.109. The molecule has 1 atom stereocenters. The van der Waals surface area contributed by atoms with Gasteiger partial charge < -0.3 is 19.6 Å². The van der Waals surface area contributed by atoms with Crippen LogP contribution in [0, 0.1) is 5.82 Å². The van der Waals surface area contributed by atoms with Crippen LogP contribution in [-0.2, 0) is 16.2 Å². The summed E-state index contributed by atoms with van der Waals surface area (Å²) in [6, 6.07) is 20.9. The summed E-state index contributed by atoms with van der Waals surface area (Å²) in [5.74, 6) is -1.88. The molecule has 6 nitrogen and oxygen atoms in total. The first kappa shape index (κ1) is 25.1. The minimum atomic E-state index is -0.857. The van der Waals surface area contributed by atoms with Crippen molar-refractivity contribution in [2.24, 2.45) is 0 Å². The van der Waals surface area contributed by atoms with Crippen LogP contribution in [-0.4, -0.2) is 43.8 Å². The van der Waals surface area contributed by atoms with Gasteiger partial charge in [0, 0.05) is 18.5 Å². The van der Waals surface area contributed by atoms with Crippen LogP contribution in [0.5, 0.6) is 5.75 Å². The number of rotatable bonds is 9. The van der Waals surface area contributed by atoms with Crippen molar-refractivity contribution in [3.63, 3.8) is 0 Å². The zero-order valence-corrected chi connectivity index (χ0v) is 20.4. The Balaban J connectivity index is 1.63. The number of hydrogen-bond acceptors (Lipinski definition) is 4. The fourth-order valence-electron chi connectivity index (χ4n) is 4.29. The molecule has 0 spiro atoms. The number of nitrogens with zero attached hydrogens (tertiary/aromatic N) is 1. The Morgan fingerprint density at radius 2 is 1.64 bits per heavy atom. The van der Waals surface area contributed by atoms with Crippen molar-refractivity contribution in [2.75, 3.05) is 27.2 Å². The average molecular weight is 489 g/mol. The molecule has 0 saturated carbocycles. The van der Waals surface area contributed by atoms with E-state index in [1.807, 2.05) is 44.4 Å². The number of ketones is 1. The van der Waals surface area contributed by atoms with Gasteiger partial charge in [-0.3, -0.25) is 9.59 Å². The van der Waals surface area contributed by atoms with E-state index >= 15 is 0 Å². The highest BCUT2D eigenvalue weighted by Gasteiger charge is 2.43. The van der Waals surface area contributed by atoms with E-state index in [4.69, 9.17) is 4.74 Å². The zero-order valence-electron chi connectivity index (χ0n) is 20.4. The van der Waals surface area contributed by atoms with Crippen LogP contribution in [0.3, 0.4) is 0 Å².